The Morgan fingerprint density at radius 1 is 1.03 bits per heavy atom. The molecule has 0 N–H and O–H groups in total. The zero-order chi connectivity index (χ0) is 22.4. The summed E-state index contributed by atoms with van der Waals surface area (Å²) in [4.78, 5) is 48.1. The SMILES string of the molecule is CCOC(=O)c1ccc(N2C(=O)c3cnc4c(c(-c5ccncc5)nn4C)c3C2=O)cc1. The van der Waals surface area contributed by atoms with Gasteiger partial charge in [-0.15, -0.1) is 0 Å². The first-order valence-corrected chi connectivity index (χ1v) is 9.93. The van der Waals surface area contributed by atoms with Crippen LogP contribution in [-0.2, 0) is 11.8 Å². The number of ether oxygens (including phenoxy) is 1. The first-order valence-electron chi connectivity index (χ1n) is 9.93. The number of aromatic nitrogens is 4. The Bertz CT molecular complexity index is 1390. The van der Waals surface area contributed by atoms with Crippen molar-refractivity contribution in [2.75, 3.05) is 11.5 Å². The van der Waals surface area contributed by atoms with E-state index in [4.69, 9.17) is 4.74 Å². The molecule has 0 radical (unpaired) electrons. The number of carbonyl (C=O) groups excluding carboxylic acids is 3. The minimum absolute atomic E-state index is 0.209. The molecule has 1 aliphatic heterocycles. The van der Waals surface area contributed by atoms with Crippen LogP contribution in [0.2, 0.25) is 0 Å². The van der Waals surface area contributed by atoms with Crippen LogP contribution in [0.4, 0.5) is 5.69 Å². The number of rotatable bonds is 4. The maximum Gasteiger partial charge on any atom is 0.338 e. The Kier molecular flexibility index (Phi) is 4.51. The van der Waals surface area contributed by atoms with E-state index in [1.165, 1.54) is 18.3 Å². The van der Waals surface area contributed by atoms with E-state index in [1.54, 1.807) is 55.3 Å². The van der Waals surface area contributed by atoms with Crippen LogP contribution in [0.25, 0.3) is 22.3 Å². The summed E-state index contributed by atoms with van der Waals surface area (Å²) in [5, 5.41) is 5.05. The molecule has 1 aliphatic rings. The summed E-state index contributed by atoms with van der Waals surface area (Å²) in [6, 6.07) is 9.72. The number of esters is 1. The molecule has 2 amide bonds. The summed E-state index contributed by atoms with van der Waals surface area (Å²) in [6.45, 7) is 1.98. The molecule has 4 aromatic rings. The fourth-order valence-electron chi connectivity index (χ4n) is 3.83. The van der Waals surface area contributed by atoms with E-state index in [0.29, 0.717) is 28.0 Å². The molecule has 0 bridgehead atoms. The van der Waals surface area contributed by atoms with Crippen LogP contribution in [0.3, 0.4) is 0 Å². The lowest BCUT2D eigenvalue weighted by Crippen LogP contribution is -2.29. The monoisotopic (exact) mass is 427 g/mol. The highest BCUT2D eigenvalue weighted by Gasteiger charge is 2.40. The molecule has 5 rings (SSSR count). The van der Waals surface area contributed by atoms with Crippen molar-refractivity contribution in [2.24, 2.45) is 7.05 Å². The molecule has 0 saturated carbocycles. The lowest BCUT2D eigenvalue weighted by atomic mass is 10.0. The summed E-state index contributed by atoms with van der Waals surface area (Å²) in [6.07, 6.45) is 4.68. The molecule has 158 valence electrons. The maximum absolute atomic E-state index is 13.5. The first-order chi connectivity index (χ1) is 15.5. The van der Waals surface area contributed by atoms with Crippen LogP contribution in [-0.4, -0.2) is 44.1 Å². The average molecular weight is 427 g/mol. The van der Waals surface area contributed by atoms with Crippen LogP contribution in [0.15, 0.2) is 55.0 Å². The molecule has 0 saturated heterocycles. The van der Waals surface area contributed by atoms with Crippen LogP contribution >= 0.6 is 0 Å². The van der Waals surface area contributed by atoms with Gasteiger partial charge in [0.2, 0.25) is 0 Å². The Labute approximate surface area is 182 Å². The van der Waals surface area contributed by atoms with Gasteiger partial charge >= 0.3 is 5.97 Å². The van der Waals surface area contributed by atoms with Gasteiger partial charge in [0.25, 0.3) is 11.8 Å². The first kappa shape index (κ1) is 19.6. The molecule has 4 heterocycles. The van der Waals surface area contributed by atoms with Crippen LogP contribution in [0.5, 0.6) is 0 Å². The van der Waals surface area contributed by atoms with Gasteiger partial charge in [-0.1, -0.05) is 0 Å². The number of fused-ring (bicyclic) bond motifs is 3. The minimum Gasteiger partial charge on any atom is -0.462 e. The van der Waals surface area contributed by atoms with E-state index in [0.717, 1.165) is 10.5 Å². The van der Waals surface area contributed by atoms with Crippen molar-refractivity contribution in [3.63, 3.8) is 0 Å². The average Bonchev–Trinajstić information content (AvgIpc) is 3.28. The Morgan fingerprint density at radius 3 is 2.44 bits per heavy atom. The predicted molar refractivity (Wildman–Crippen MR) is 115 cm³/mol. The quantitative estimate of drug-likeness (QED) is 0.364. The molecule has 0 fully saturated rings. The van der Waals surface area contributed by atoms with E-state index in [2.05, 4.69) is 15.1 Å². The number of hydrogen-bond donors (Lipinski definition) is 0. The van der Waals surface area contributed by atoms with Crippen molar-refractivity contribution in [1.82, 2.24) is 19.7 Å². The lowest BCUT2D eigenvalue weighted by Gasteiger charge is -2.14. The highest BCUT2D eigenvalue weighted by Crippen LogP contribution is 2.36. The van der Waals surface area contributed by atoms with E-state index in [9.17, 15) is 14.4 Å². The van der Waals surface area contributed by atoms with Gasteiger partial charge in [0.05, 0.1) is 34.4 Å². The number of imide groups is 1. The van der Waals surface area contributed by atoms with E-state index in [-0.39, 0.29) is 17.7 Å². The number of aryl methyl sites for hydroxylation is 1. The van der Waals surface area contributed by atoms with Crippen molar-refractivity contribution in [1.29, 1.82) is 0 Å². The molecule has 9 nitrogen and oxygen atoms in total. The zero-order valence-electron chi connectivity index (χ0n) is 17.3. The maximum atomic E-state index is 13.5. The largest absolute Gasteiger partial charge is 0.462 e. The number of amides is 2. The van der Waals surface area contributed by atoms with Gasteiger partial charge in [0, 0.05) is 31.2 Å². The Balaban J connectivity index is 1.63. The molecule has 9 heteroatoms. The van der Waals surface area contributed by atoms with E-state index >= 15 is 0 Å². The van der Waals surface area contributed by atoms with Gasteiger partial charge in [-0.05, 0) is 43.3 Å². The highest BCUT2D eigenvalue weighted by molar-refractivity contribution is 6.38. The Hall–Kier alpha value is -4.40. The molecule has 3 aromatic heterocycles. The fourth-order valence-corrected chi connectivity index (χ4v) is 3.83. The van der Waals surface area contributed by atoms with Crippen molar-refractivity contribution in [3.8, 4) is 11.3 Å². The molecular formula is C23H17N5O4. The number of nitrogens with zero attached hydrogens (tertiary/aromatic N) is 5. The standard InChI is InChI=1S/C23H17N5O4/c1-3-32-23(31)14-4-6-15(7-5-14)28-21(29)16-12-25-20-18(17(16)22(28)30)19(26-27(20)2)13-8-10-24-11-9-13/h4-12H,3H2,1-2H3. The number of pyridine rings is 2. The zero-order valence-corrected chi connectivity index (χ0v) is 17.3. The molecule has 0 aliphatic carbocycles. The molecule has 1 aromatic carbocycles. The summed E-state index contributed by atoms with van der Waals surface area (Å²) in [7, 11) is 1.74. The van der Waals surface area contributed by atoms with Gasteiger partial charge in [0.1, 0.15) is 5.69 Å². The van der Waals surface area contributed by atoms with Gasteiger partial charge in [-0.3, -0.25) is 14.6 Å². The molecule has 0 spiro atoms. The second kappa shape index (κ2) is 7.38. The Morgan fingerprint density at radius 2 is 1.75 bits per heavy atom. The minimum atomic E-state index is -0.479. The molecule has 0 atom stereocenters. The predicted octanol–water partition coefficient (Wildman–Crippen LogP) is 3.01. The fraction of sp³-hybridized carbons (Fsp3) is 0.130. The highest BCUT2D eigenvalue weighted by atomic mass is 16.5. The van der Waals surface area contributed by atoms with E-state index < -0.39 is 17.8 Å². The summed E-state index contributed by atoms with van der Waals surface area (Å²) in [5.74, 6) is -1.41. The third-order valence-corrected chi connectivity index (χ3v) is 5.29. The van der Waals surface area contributed by atoms with Gasteiger partial charge < -0.3 is 4.74 Å². The van der Waals surface area contributed by atoms with Gasteiger partial charge in [0.15, 0.2) is 5.65 Å². The smallest absolute Gasteiger partial charge is 0.338 e. The molecule has 0 unspecified atom stereocenters. The molecular weight excluding hydrogens is 410 g/mol. The van der Waals surface area contributed by atoms with Crippen molar-refractivity contribution in [3.05, 3.63) is 71.7 Å². The van der Waals surface area contributed by atoms with Crippen LogP contribution < -0.4 is 4.90 Å². The topological polar surface area (TPSA) is 107 Å². The van der Waals surface area contributed by atoms with Gasteiger partial charge in [-0.25, -0.2) is 19.4 Å². The van der Waals surface area contributed by atoms with Crippen LogP contribution in [0, 0.1) is 0 Å². The van der Waals surface area contributed by atoms with E-state index in [1.807, 2.05) is 0 Å². The summed E-state index contributed by atoms with van der Waals surface area (Å²) in [5.41, 5.74) is 2.97. The van der Waals surface area contributed by atoms with Crippen LogP contribution in [0.1, 0.15) is 38.0 Å². The van der Waals surface area contributed by atoms with Crippen molar-refractivity contribution < 1.29 is 19.1 Å². The van der Waals surface area contributed by atoms with Gasteiger partial charge in [-0.2, -0.15) is 5.10 Å². The summed E-state index contributed by atoms with van der Waals surface area (Å²) < 4.78 is 6.57. The third kappa shape index (κ3) is 2.86. The second-order valence-corrected chi connectivity index (χ2v) is 7.17. The number of hydrogen-bond acceptors (Lipinski definition) is 7. The normalized spacial score (nSPS) is 13.0. The van der Waals surface area contributed by atoms with Crippen molar-refractivity contribution in [2.45, 2.75) is 6.92 Å². The number of anilines is 1. The molecule has 32 heavy (non-hydrogen) atoms. The summed E-state index contributed by atoms with van der Waals surface area (Å²) >= 11 is 0. The number of benzene rings is 1. The number of carbonyl (C=O) groups is 3. The second-order valence-electron chi connectivity index (χ2n) is 7.17. The third-order valence-electron chi connectivity index (χ3n) is 5.29. The lowest BCUT2D eigenvalue weighted by molar-refractivity contribution is 0.0526. The van der Waals surface area contributed by atoms with Crippen molar-refractivity contribution >= 4 is 34.5 Å².